The highest BCUT2D eigenvalue weighted by molar-refractivity contribution is 5.82. The van der Waals surface area contributed by atoms with E-state index in [-0.39, 0.29) is 12.5 Å². The number of β-amino-alcohol motifs (C(OH)–C–C–N with tert-alkyl or cyclic N) is 1. The highest BCUT2D eigenvalue weighted by atomic mass is 19.4. The summed E-state index contributed by atoms with van der Waals surface area (Å²) in [6.45, 7) is 2.59. The highest BCUT2D eigenvalue weighted by Gasteiger charge is 2.58. The molecule has 7 heteroatoms. The Labute approximate surface area is 97.6 Å². The molecule has 1 heterocycles. The maximum absolute atomic E-state index is 12.5. The lowest BCUT2D eigenvalue weighted by molar-refractivity contribution is -0.253. The predicted molar refractivity (Wildman–Crippen MR) is 55.0 cm³/mol. The molecule has 0 aromatic carbocycles. The van der Waals surface area contributed by atoms with Gasteiger partial charge in [-0.25, -0.2) is 0 Å². The SMILES string of the molecule is CC(C)[C@H](N)C(=O)N1CC[C@](O)(C(F)(F)F)C1. The minimum absolute atomic E-state index is 0.116. The van der Waals surface area contributed by atoms with E-state index in [2.05, 4.69) is 0 Å². The Balaban J connectivity index is 2.71. The zero-order valence-electron chi connectivity index (χ0n) is 9.79. The summed E-state index contributed by atoms with van der Waals surface area (Å²) in [5, 5.41) is 9.41. The predicted octanol–water partition coefficient (Wildman–Crippen LogP) is 0.495. The van der Waals surface area contributed by atoms with Crippen LogP contribution in [0.25, 0.3) is 0 Å². The van der Waals surface area contributed by atoms with Crippen molar-refractivity contribution >= 4 is 5.91 Å². The molecule has 2 atom stereocenters. The zero-order chi connectivity index (χ0) is 13.4. The lowest BCUT2D eigenvalue weighted by Gasteiger charge is -2.27. The summed E-state index contributed by atoms with van der Waals surface area (Å²) in [7, 11) is 0. The van der Waals surface area contributed by atoms with Gasteiger partial charge in [-0.2, -0.15) is 13.2 Å². The first-order valence-corrected chi connectivity index (χ1v) is 5.42. The van der Waals surface area contributed by atoms with Crippen molar-refractivity contribution in [2.45, 2.75) is 38.1 Å². The van der Waals surface area contributed by atoms with Crippen molar-refractivity contribution in [2.75, 3.05) is 13.1 Å². The second kappa shape index (κ2) is 4.45. The molecule has 1 aliphatic rings. The van der Waals surface area contributed by atoms with Gasteiger partial charge in [-0.05, 0) is 5.92 Å². The molecule has 100 valence electrons. The third-order valence-corrected chi connectivity index (χ3v) is 3.09. The molecule has 0 unspecified atom stereocenters. The monoisotopic (exact) mass is 254 g/mol. The fraction of sp³-hybridized carbons (Fsp3) is 0.900. The molecule has 0 spiro atoms. The molecule has 3 N–H and O–H groups in total. The lowest BCUT2D eigenvalue weighted by atomic mass is 10.0. The Morgan fingerprint density at radius 3 is 2.35 bits per heavy atom. The third kappa shape index (κ3) is 2.71. The van der Waals surface area contributed by atoms with Crippen LogP contribution in [0.15, 0.2) is 0 Å². The van der Waals surface area contributed by atoms with Crippen molar-refractivity contribution in [3.8, 4) is 0 Å². The molecule has 0 saturated carbocycles. The Morgan fingerprint density at radius 1 is 1.47 bits per heavy atom. The maximum atomic E-state index is 12.5. The topological polar surface area (TPSA) is 66.6 Å². The van der Waals surface area contributed by atoms with Crippen LogP contribution < -0.4 is 5.73 Å². The van der Waals surface area contributed by atoms with Crippen LogP contribution in [0.1, 0.15) is 20.3 Å². The number of hydrogen-bond donors (Lipinski definition) is 2. The first-order chi connectivity index (χ1) is 7.58. The molecule has 0 radical (unpaired) electrons. The van der Waals surface area contributed by atoms with Gasteiger partial charge in [-0.3, -0.25) is 4.79 Å². The average Bonchev–Trinajstić information content (AvgIpc) is 2.59. The summed E-state index contributed by atoms with van der Waals surface area (Å²) in [6.07, 6.45) is -5.21. The number of carbonyl (C=O) groups excluding carboxylic acids is 1. The standard InChI is InChI=1S/C10H17F3N2O2/c1-6(2)7(14)8(16)15-4-3-9(17,5-15)10(11,12)13/h6-7,17H,3-5,14H2,1-2H3/t7-,9+/m0/s1. The number of halogens is 3. The molecule has 4 nitrogen and oxygen atoms in total. The van der Waals surface area contributed by atoms with Crippen molar-refractivity contribution in [1.29, 1.82) is 0 Å². The van der Waals surface area contributed by atoms with Crippen molar-refractivity contribution in [1.82, 2.24) is 4.90 Å². The summed E-state index contributed by atoms with van der Waals surface area (Å²) in [5.41, 5.74) is 2.79. The van der Waals surface area contributed by atoms with Gasteiger partial charge in [0.15, 0.2) is 5.60 Å². The van der Waals surface area contributed by atoms with Crippen LogP contribution in [0.2, 0.25) is 0 Å². The summed E-state index contributed by atoms with van der Waals surface area (Å²) in [5.74, 6) is -0.692. The number of carbonyl (C=O) groups is 1. The van der Waals surface area contributed by atoms with Crippen LogP contribution in [0.4, 0.5) is 13.2 Å². The first kappa shape index (κ1) is 14.2. The van der Waals surface area contributed by atoms with Crippen LogP contribution in [-0.4, -0.2) is 46.8 Å². The van der Waals surface area contributed by atoms with E-state index >= 15 is 0 Å². The van der Waals surface area contributed by atoms with Gasteiger partial charge in [0.1, 0.15) is 0 Å². The molecule has 1 aliphatic heterocycles. The zero-order valence-corrected chi connectivity index (χ0v) is 9.79. The van der Waals surface area contributed by atoms with E-state index in [0.717, 1.165) is 4.90 Å². The van der Waals surface area contributed by atoms with E-state index in [1.807, 2.05) is 0 Å². The van der Waals surface area contributed by atoms with Crippen molar-refractivity contribution < 1.29 is 23.1 Å². The van der Waals surface area contributed by atoms with E-state index < -0.39 is 36.7 Å². The van der Waals surface area contributed by atoms with Crippen molar-refractivity contribution in [2.24, 2.45) is 11.7 Å². The third-order valence-electron chi connectivity index (χ3n) is 3.09. The molecule has 1 saturated heterocycles. The number of nitrogens with zero attached hydrogens (tertiary/aromatic N) is 1. The van der Waals surface area contributed by atoms with Gasteiger partial charge >= 0.3 is 6.18 Å². The molecular weight excluding hydrogens is 237 g/mol. The number of rotatable bonds is 2. The molecule has 0 aromatic rings. The van der Waals surface area contributed by atoms with E-state index in [1.165, 1.54) is 0 Å². The van der Waals surface area contributed by atoms with Gasteiger partial charge in [-0.1, -0.05) is 13.8 Å². The second-order valence-corrected chi connectivity index (χ2v) is 4.81. The fourth-order valence-corrected chi connectivity index (χ4v) is 1.71. The van der Waals surface area contributed by atoms with E-state index in [9.17, 15) is 23.1 Å². The Bertz CT molecular complexity index is 306. The number of aliphatic hydroxyl groups is 1. The van der Waals surface area contributed by atoms with Gasteiger partial charge in [0.25, 0.3) is 0 Å². The molecule has 0 aromatic heterocycles. The van der Waals surface area contributed by atoms with Crippen LogP contribution in [0.3, 0.4) is 0 Å². The highest BCUT2D eigenvalue weighted by Crippen LogP contribution is 2.37. The van der Waals surface area contributed by atoms with Gasteiger partial charge in [-0.15, -0.1) is 0 Å². The molecule has 1 rings (SSSR count). The second-order valence-electron chi connectivity index (χ2n) is 4.81. The smallest absolute Gasteiger partial charge is 0.379 e. The fourth-order valence-electron chi connectivity index (χ4n) is 1.71. The molecule has 1 fully saturated rings. The minimum atomic E-state index is -4.72. The summed E-state index contributed by atoms with van der Waals surface area (Å²) >= 11 is 0. The van der Waals surface area contributed by atoms with E-state index in [0.29, 0.717) is 0 Å². The molecular formula is C10H17F3N2O2. The maximum Gasteiger partial charge on any atom is 0.419 e. The number of amides is 1. The van der Waals surface area contributed by atoms with Crippen molar-refractivity contribution in [3.05, 3.63) is 0 Å². The quantitative estimate of drug-likeness (QED) is 0.754. The van der Waals surface area contributed by atoms with Crippen LogP contribution in [0.5, 0.6) is 0 Å². The number of hydrogen-bond acceptors (Lipinski definition) is 3. The molecule has 17 heavy (non-hydrogen) atoms. The Hall–Kier alpha value is -0.820. The van der Waals surface area contributed by atoms with Crippen molar-refractivity contribution in [3.63, 3.8) is 0 Å². The summed E-state index contributed by atoms with van der Waals surface area (Å²) in [4.78, 5) is 12.7. The molecule has 1 amide bonds. The lowest BCUT2D eigenvalue weighted by Crippen LogP contribution is -2.51. The van der Waals surface area contributed by atoms with Gasteiger partial charge in [0, 0.05) is 13.0 Å². The Morgan fingerprint density at radius 2 is 2.00 bits per heavy atom. The molecule has 0 aliphatic carbocycles. The minimum Gasteiger partial charge on any atom is -0.379 e. The average molecular weight is 254 g/mol. The summed E-state index contributed by atoms with van der Waals surface area (Å²) in [6, 6.07) is -0.828. The van der Waals surface area contributed by atoms with Crippen LogP contribution in [-0.2, 0) is 4.79 Å². The molecule has 0 bridgehead atoms. The van der Waals surface area contributed by atoms with E-state index in [1.54, 1.807) is 13.8 Å². The van der Waals surface area contributed by atoms with Gasteiger partial charge in [0.2, 0.25) is 5.91 Å². The largest absolute Gasteiger partial charge is 0.419 e. The van der Waals surface area contributed by atoms with Gasteiger partial charge < -0.3 is 15.7 Å². The van der Waals surface area contributed by atoms with Crippen LogP contribution >= 0.6 is 0 Å². The number of likely N-dealkylation sites (tertiary alicyclic amines) is 1. The summed E-state index contributed by atoms with van der Waals surface area (Å²) < 4.78 is 37.6. The van der Waals surface area contributed by atoms with Crippen LogP contribution in [0, 0.1) is 5.92 Å². The number of nitrogens with two attached hydrogens (primary N) is 1. The Kier molecular flexibility index (Phi) is 3.73. The van der Waals surface area contributed by atoms with E-state index in [4.69, 9.17) is 5.73 Å². The van der Waals surface area contributed by atoms with Gasteiger partial charge in [0.05, 0.1) is 12.6 Å². The number of alkyl halides is 3. The normalized spacial score (nSPS) is 27.6. The first-order valence-electron chi connectivity index (χ1n) is 5.42.